The average Bonchev–Trinajstić information content (AvgIpc) is 2.28. The average molecular weight is 184 g/mol. The molecule has 0 spiro atoms. The maximum absolute atomic E-state index is 5.30. The van der Waals surface area contributed by atoms with Crippen LogP contribution in [0.5, 0.6) is 0 Å². The minimum atomic E-state index is 0.315. The van der Waals surface area contributed by atoms with Crippen molar-refractivity contribution < 1.29 is 0 Å². The lowest BCUT2D eigenvalue weighted by molar-refractivity contribution is 0.692. The van der Waals surface area contributed by atoms with Crippen LogP contribution in [0.2, 0.25) is 0 Å². The molecule has 0 aliphatic carbocycles. The van der Waals surface area contributed by atoms with Crippen molar-refractivity contribution in [3.63, 3.8) is 0 Å². The molecule has 0 atom stereocenters. The third-order valence-electron chi connectivity index (χ3n) is 1.70. The Kier molecular flexibility index (Phi) is 2.65. The Labute approximate surface area is 76.7 Å². The molecule has 0 saturated carbocycles. The second-order valence-corrected chi connectivity index (χ2v) is 3.06. The van der Waals surface area contributed by atoms with Crippen LogP contribution >= 0.6 is 12.2 Å². The van der Waals surface area contributed by atoms with Crippen molar-refractivity contribution in [3.8, 4) is 0 Å². The fourth-order valence-corrected chi connectivity index (χ4v) is 1.07. The molecule has 0 saturated heterocycles. The lowest BCUT2D eigenvalue weighted by Gasteiger charge is -2.04. The highest BCUT2D eigenvalue weighted by Gasteiger charge is 2.02. The summed E-state index contributed by atoms with van der Waals surface area (Å²) >= 11 is 4.69. The molecule has 5 heteroatoms. The van der Waals surface area contributed by atoms with Gasteiger partial charge in [-0.1, -0.05) is 0 Å². The Morgan fingerprint density at radius 3 is 2.92 bits per heavy atom. The number of nitrogens with one attached hydrogen (secondary N) is 1. The molecule has 1 aromatic rings. The summed E-state index contributed by atoms with van der Waals surface area (Å²) in [5.41, 5.74) is 7.54. The van der Waals surface area contributed by atoms with E-state index in [1.807, 2.05) is 20.2 Å². The number of thiocarbonyl (C=S) groups is 1. The summed E-state index contributed by atoms with van der Waals surface area (Å²) in [6.45, 7) is 2.64. The summed E-state index contributed by atoms with van der Waals surface area (Å²) in [5.74, 6) is 0. The van der Waals surface area contributed by atoms with Crippen LogP contribution in [-0.2, 0) is 13.6 Å². The predicted molar refractivity (Wildman–Crippen MR) is 51.6 cm³/mol. The minimum absolute atomic E-state index is 0.315. The van der Waals surface area contributed by atoms with Crippen molar-refractivity contribution >= 4 is 17.3 Å². The Morgan fingerprint density at radius 2 is 2.50 bits per heavy atom. The van der Waals surface area contributed by atoms with Gasteiger partial charge in [-0.05, 0) is 24.7 Å². The third kappa shape index (κ3) is 1.94. The molecule has 0 bridgehead atoms. The number of hydrogen-bond donors (Lipinski definition) is 2. The molecule has 0 unspecified atom stereocenters. The second kappa shape index (κ2) is 3.53. The zero-order valence-electron chi connectivity index (χ0n) is 7.16. The molecule has 0 aromatic carbocycles. The monoisotopic (exact) mass is 184 g/mol. The van der Waals surface area contributed by atoms with Crippen LogP contribution in [0.15, 0.2) is 6.20 Å². The van der Waals surface area contributed by atoms with Crippen LogP contribution in [-0.4, -0.2) is 14.9 Å². The van der Waals surface area contributed by atoms with Crippen molar-refractivity contribution in [1.82, 2.24) is 15.1 Å². The van der Waals surface area contributed by atoms with E-state index in [2.05, 4.69) is 10.4 Å². The van der Waals surface area contributed by atoms with Crippen LogP contribution in [0.3, 0.4) is 0 Å². The van der Waals surface area contributed by atoms with Crippen LogP contribution in [0.25, 0.3) is 0 Å². The van der Waals surface area contributed by atoms with Gasteiger partial charge in [0.2, 0.25) is 0 Å². The van der Waals surface area contributed by atoms with E-state index in [4.69, 9.17) is 18.0 Å². The molecule has 12 heavy (non-hydrogen) atoms. The summed E-state index contributed by atoms with van der Waals surface area (Å²) in [6, 6.07) is 0. The summed E-state index contributed by atoms with van der Waals surface area (Å²) in [5, 5.41) is 7.28. The highest BCUT2D eigenvalue weighted by Crippen LogP contribution is 2.03. The van der Waals surface area contributed by atoms with Crippen molar-refractivity contribution in [1.29, 1.82) is 0 Å². The maximum Gasteiger partial charge on any atom is 0.163 e. The Balaban J connectivity index is 2.68. The molecule has 1 rings (SSSR count). The van der Waals surface area contributed by atoms with Gasteiger partial charge in [0.1, 0.15) is 0 Å². The highest BCUT2D eigenvalue weighted by molar-refractivity contribution is 7.80. The fraction of sp³-hybridized carbons (Fsp3) is 0.429. The highest BCUT2D eigenvalue weighted by atomic mass is 32.1. The van der Waals surface area contributed by atoms with Crippen molar-refractivity contribution in [2.24, 2.45) is 12.8 Å². The molecule has 0 aliphatic rings. The topological polar surface area (TPSA) is 55.9 Å². The molecule has 0 fully saturated rings. The molecule has 4 nitrogen and oxygen atoms in total. The standard InChI is InChI=1S/C7H12N4S/c1-5-3-10-11(2)6(5)4-9-7(8)12/h3H,4H2,1-2H3,(H3,8,9,12). The molecular formula is C7H12N4S. The van der Waals surface area contributed by atoms with Crippen molar-refractivity contribution in [3.05, 3.63) is 17.5 Å². The predicted octanol–water partition coefficient (Wildman–Crippen LogP) is 0.0617. The molecule has 3 N–H and O–H groups in total. The lowest BCUT2D eigenvalue weighted by atomic mass is 10.3. The van der Waals surface area contributed by atoms with Gasteiger partial charge in [0.05, 0.1) is 18.4 Å². The van der Waals surface area contributed by atoms with E-state index in [0.29, 0.717) is 11.7 Å². The summed E-state index contributed by atoms with van der Waals surface area (Å²) in [4.78, 5) is 0. The first kappa shape index (κ1) is 8.99. The van der Waals surface area contributed by atoms with E-state index in [1.54, 1.807) is 4.68 Å². The SMILES string of the molecule is Cc1cnn(C)c1CNC(N)=S. The van der Waals surface area contributed by atoms with E-state index in [0.717, 1.165) is 11.3 Å². The van der Waals surface area contributed by atoms with Gasteiger partial charge < -0.3 is 11.1 Å². The number of nitrogens with two attached hydrogens (primary N) is 1. The fourth-order valence-electron chi connectivity index (χ4n) is 0.997. The number of aromatic nitrogens is 2. The van der Waals surface area contributed by atoms with Gasteiger partial charge in [-0.15, -0.1) is 0 Å². The smallest absolute Gasteiger partial charge is 0.163 e. The first-order chi connectivity index (χ1) is 5.61. The van der Waals surface area contributed by atoms with Gasteiger partial charge in [0, 0.05) is 7.05 Å². The molecule has 0 aliphatic heterocycles. The number of hydrogen-bond acceptors (Lipinski definition) is 2. The molecule has 0 radical (unpaired) electrons. The zero-order valence-corrected chi connectivity index (χ0v) is 7.98. The third-order valence-corrected chi connectivity index (χ3v) is 1.84. The Morgan fingerprint density at radius 1 is 1.83 bits per heavy atom. The molecular weight excluding hydrogens is 172 g/mol. The lowest BCUT2D eigenvalue weighted by Crippen LogP contribution is -2.29. The van der Waals surface area contributed by atoms with E-state index in [1.165, 1.54) is 0 Å². The van der Waals surface area contributed by atoms with Crippen LogP contribution in [0.1, 0.15) is 11.3 Å². The maximum atomic E-state index is 5.30. The summed E-state index contributed by atoms with van der Waals surface area (Å²) in [7, 11) is 1.89. The van der Waals surface area contributed by atoms with E-state index in [9.17, 15) is 0 Å². The summed E-state index contributed by atoms with van der Waals surface area (Å²) in [6.07, 6.45) is 1.82. The van der Waals surface area contributed by atoms with Gasteiger partial charge in [-0.25, -0.2) is 0 Å². The van der Waals surface area contributed by atoms with E-state index in [-0.39, 0.29) is 0 Å². The van der Waals surface area contributed by atoms with Crippen molar-refractivity contribution in [2.75, 3.05) is 0 Å². The van der Waals surface area contributed by atoms with Gasteiger partial charge in [0.15, 0.2) is 5.11 Å². The van der Waals surface area contributed by atoms with E-state index < -0.39 is 0 Å². The molecule has 0 amide bonds. The molecule has 66 valence electrons. The number of aryl methyl sites for hydroxylation is 2. The number of nitrogens with zero attached hydrogens (tertiary/aromatic N) is 2. The first-order valence-corrected chi connectivity index (χ1v) is 4.03. The quantitative estimate of drug-likeness (QED) is 0.638. The summed E-state index contributed by atoms with van der Waals surface area (Å²) < 4.78 is 1.81. The zero-order chi connectivity index (χ0) is 9.14. The first-order valence-electron chi connectivity index (χ1n) is 3.62. The van der Waals surface area contributed by atoms with Crippen LogP contribution in [0, 0.1) is 6.92 Å². The van der Waals surface area contributed by atoms with Gasteiger partial charge >= 0.3 is 0 Å². The van der Waals surface area contributed by atoms with Gasteiger partial charge in [-0.2, -0.15) is 5.10 Å². The van der Waals surface area contributed by atoms with Gasteiger partial charge in [0.25, 0.3) is 0 Å². The molecule has 1 aromatic heterocycles. The van der Waals surface area contributed by atoms with Crippen molar-refractivity contribution in [2.45, 2.75) is 13.5 Å². The van der Waals surface area contributed by atoms with E-state index >= 15 is 0 Å². The molecule has 1 heterocycles. The van der Waals surface area contributed by atoms with Gasteiger partial charge in [-0.3, -0.25) is 4.68 Å². The normalized spacial score (nSPS) is 9.83. The Hall–Kier alpha value is -1.10. The number of rotatable bonds is 2. The largest absolute Gasteiger partial charge is 0.376 e. The van der Waals surface area contributed by atoms with Crippen LogP contribution in [0.4, 0.5) is 0 Å². The van der Waals surface area contributed by atoms with Crippen LogP contribution < -0.4 is 11.1 Å². The minimum Gasteiger partial charge on any atom is -0.376 e. The Bertz CT molecular complexity index is 272. The second-order valence-electron chi connectivity index (χ2n) is 2.62.